The van der Waals surface area contributed by atoms with Crippen LogP contribution in [0, 0.1) is 13.5 Å². The molecule has 0 aliphatic heterocycles. The SMILES string of the molecule is [C-]#[N+]c1nc(-c2ccc3cc(OC)nnc3c2)c(-c2cnn(CC(C)(C)OC)c2)cc1C. The fraction of sp³-hybridized carbons (Fsp3) is 0.292. The molecule has 0 saturated carbocycles. The van der Waals surface area contributed by atoms with Crippen LogP contribution < -0.4 is 4.74 Å². The zero-order valence-electron chi connectivity index (χ0n) is 18.7. The largest absolute Gasteiger partial charge is 0.480 e. The Morgan fingerprint density at radius 1 is 1.09 bits per heavy atom. The van der Waals surface area contributed by atoms with Crippen molar-refractivity contribution in [2.24, 2.45) is 0 Å². The number of methoxy groups -OCH3 is 2. The zero-order chi connectivity index (χ0) is 22.9. The van der Waals surface area contributed by atoms with Crippen LogP contribution in [0.15, 0.2) is 42.7 Å². The minimum atomic E-state index is -0.341. The van der Waals surface area contributed by atoms with Gasteiger partial charge in [-0.2, -0.15) is 5.10 Å². The van der Waals surface area contributed by atoms with Gasteiger partial charge in [0.2, 0.25) is 5.88 Å². The minimum Gasteiger partial charge on any atom is -0.480 e. The average Bonchev–Trinajstić information content (AvgIpc) is 3.25. The summed E-state index contributed by atoms with van der Waals surface area (Å²) in [6.45, 7) is 14.0. The van der Waals surface area contributed by atoms with Crippen molar-refractivity contribution in [2.75, 3.05) is 14.2 Å². The monoisotopic (exact) mass is 428 g/mol. The molecule has 0 unspecified atom stereocenters. The number of benzene rings is 1. The number of pyridine rings is 1. The Balaban J connectivity index is 1.83. The van der Waals surface area contributed by atoms with Gasteiger partial charge in [-0.15, -0.1) is 15.2 Å². The van der Waals surface area contributed by atoms with Gasteiger partial charge in [0.25, 0.3) is 5.82 Å². The van der Waals surface area contributed by atoms with Crippen LogP contribution in [-0.2, 0) is 11.3 Å². The van der Waals surface area contributed by atoms with Crippen molar-refractivity contribution in [1.82, 2.24) is 25.0 Å². The molecule has 0 aliphatic carbocycles. The van der Waals surface area contributed by atoms with Gasteiger partial charge in [-0.05, 0) is 38.5 Å². The van der Waals surface area contributed by atoms with Crippen molar-refractivity contribution in [3.05, 3.63) is 59.7 Å². The molecule has 0 aliphatic rings. The van der Waals surface area contributed by atoms with Gasteiger partial charge in [-0.1, -0.05) is 18.7 Å². The van der Waals surface area contributed by atoms with Crippen molar-refractivity contribution in [3.8, 4) is 28.3 Å². The first-order valence-electron chi connectivity index (χ1n) is 10.1. The molecular weight excluding hydrogens is 404 g/mol. The summed E-state index contributed by atoms with van der Waals surface area (Å²) in [5.74, 6) is 0.832. The lowest BCUT2D eigenvalue weighted by atomic mass is 9.99. The lowest BCUT2D eigenvalue weighted by Crippen LogP contribution is -2.29. The minimum absolute atomic E-state index is 0.341. The van der Waals surface area contributed by atoms with Crippen LogP contribution in [0.1, 0.15) is 19.4 Å². The lowest BCUT2D eigenvalue weighted by molar-refractivity contribution is 0.00543. The second-order valence-electron chi connectivity index (χ2n) is 8.19. The maximum absolute atomic E-state index is 7.51. The Labute approximate surface area is 186 Å². The van der Waals surface area contributed by atoms with E-state index in [9.17, 15) is 0 Å². The molecule has 4 rings (SSSR count). The molecule has 0 fully saturated rings. The fourth-order valence-corrected chi connectivity index (χ4v) is 3.47. The van der Waals surface area contributed by atoms with E-state index in [4.69, 9.17) is 16.0 Å². The molecule has 3 aromatic heterocycles. The van der Waals surface area contributed by atoms with Crippen LogP contribution in [-0.4, -0.2) is 44.8 Å². The third-order valence-corrected chi connectivity index (χ3v) is 5.38. The van der Waals surface area contributed by atoms with Gasteiger partial charge >= 0.3 is 0 Å². The summed E-state index contributed by atoms with van der Waals surface area (Å²) in [7, 11) is 3.25. The standard InChI is InChI=1S/C24H24N6O2/c1-15-9-19(18-12-26-30(13-18)14-24(2,3)32-6)22(27-23(15)25-4)17-8-7-16-11-21(31-5)29-28-20(16)10-17/h7-13H,14H2,1-3,5-6H3. The Hall–Kier alpha value is -3.83. The van der Waals surface area contributed by atoms with Crippen LogP contribution in [0.5, 0.6) is 5.88 Å². The number of aryl methyl sites for hydroxylation is 1. The van der Waals surface area contributed by atoms with E-state index < -0.39 is 0 Å². The number of nitrogens with zero attached hydrogens (tertiary/aromatic N) is 6. The van der Waals surface area contributed by atoms with E-state index >= 15 is 0 Å². The van der Waals surface area contributed by atoms with E-state index in [1.807, 2.05) is 68.2 Å². The first-order chi connectivity index (χ1) is 15.3. The number of rotatable bonds is 6. The van der Waals surface area contributed by atoms with E-state index in [-0.39, 0.29) is 5.60 Å². The van der Waals surface area contributed by atoms with Crippen molar-refractivity contribution in [3.63, 3.8) is 0 Å². The Morgan fingerprint density at radius 2 is 1.91 bits per heavy atom. The molecule has 0 atom stereocenters. The molecule has 3 heterocycles. The highest BCUT2D eigenvalue weighted by atomic mass is 16.5. The van der Waals surface area contributed by atoms with Crippen LogP contribution in [0.2, 0.25) is 0 Å². The summed E-state index contributed by atoms with van der Waals surface area (Å²) in [4.78, 5) is 8.29. The number of hydrogen-bond donors (Lipinski definition) is 0. The van der Waals surface area contributed by atoms with E-state index in [0.29, 0.717) is 23.9 Å². The highest BCUT2D eigenvalue weighted by molar-refractivity contribution is 5.88. The number of aromatic nitrogens is 5. The molecule has 4 aromatic rings. The first kappa shape index (κ1) is 21.4. The molecule has 0 saturated heterocycles. The third kappa shape index (κ3) is 4.15. The summed E-state index contributed by atoms with van der Waals surface area (Å²) < 4.78 is 12.6. The van der Waals surface area contributed by atoms with Crippen LogP contribution in [0.4, 0.5) is 5.82 Å². The molecular formula is C24H24N6O2. The quantitative estimate of drug-likeness (QED) is 0.409. The van der Waals surface area contributed by atoms with Gasteiger partial charge in [0.1, 0.15) is 0 Å². The number of ether oxygens (including phenoxy) is 2. The number of hydrogen-bond acceptors (Lipinski definition) is 6. The van der Waals surface area contributed by atoms with E-state index in [1.54, 1.807) is 14.2 Å². The topological polar surface area (TPSA) is 79.3 Å². The Kier molecular flexibility index (Phi) is 5.59. The fourth-order valence-electron chi connectivity index (χ4n) is 3.47. The summed E-state index contributed by atoms with van der Waals surface area (Å²) >= 11 is 0. The van der Waals surface area contributed by atoms with Gasteiger partial charge in [-0.3, -0.25) is 4.68 Å². The van der Waals surface area contributed by atoms with Gasteiger partial charge in [0.15, 0.2) is 5.69 Å². The van der Waals surface area contributed by atoms with Gasteiger partial charge in [0, 0.05) is 41.4 Å². The Bertz CT molecular complexity index is 1340. The summed E-state index contributed by atoms with van der Waals surface area (Å²) in [6, 6.07) is 9.67. The van der Waals surface area contributed by atoms with Crippen LogP contribution in [0.25, 0.3) is 38.1 Å². The molecule has 0 bridgehead atoms. The zero-order valence-corrected chi connectivity index (χ0v) is 18.7. The molecule has 0 spiro atoms. The molecule has 8 heteroatoms. The third-order valence-electron chi connectivity index (χ3n) is 5.38. The summed E-state index contributed by atoms with van der Waals surface area (Å²) in [5, 5.41) is 13.8. The predicted octanol–water partition coefficient (Wildman–Crippen LogP) is 4.85. The molecule has 162 valence electrons. The van der Waals surface area contributed by atoms with Gasteiger partial charge in [-0.25, -0.2) is 0 Å². The van der Waals surface area contributed by atoms with Crippen LogP contribution >= 0.6 is 0 Å². The molecule has 8 nitrogen and oxygen atoms in total. The second-order valence-corrected chi connectivity index (χ2v) is 8.19. The maximum atomic E-state index is 7.51. The maximum Gasteiger partial charge on any atom is 0.273 e. The molecule has 0 radical (unpaired) electrons. The van der Waals surface area contributed by atoms with E-state index in [2.05, 4.69) is 25.1 Å². The average molecular weight is 428 g/mol. The van der Waals surface area contributed by atoms with Gasteiger partial charge < -0.3 is 14.3 Å². The van der Waals surface area contributed by atoms with E-state index in [0.717, 1.165) is 33.2 Å². The number of fused-ring (bicyclic) bond motifs is 1. The molecule has 32 heavy (non-hydrogen) atoms. The highest BCUT2D eigenvalue weighted by Gasteiger charge is 2.21. The molecule has 1 aromatic carbocycles. The molecule has 0 N–H and O–H groups in total. The predicted molar refractivity (Wildman–Crippen MR) is 123 cm³/mol. The summed E-state index contributed by atoms with van der Waals surface area (Å²) in [6.07, 6.45) is 3.79. The van der Waals surface area contributed by atoms with Crippen molar-refractivity contribution >= 4 is 16.7 Å². The summed E-state index contributed by atoms with van der Waals surface area (Å²) in [5.41, 5.74) is 4.56. The Morgan fingerprint density at radius 3 is 2.62 bits per heavy atom. The van der Waals surface area contributed by atoms with E-state index in [1.165, 1.54) is 0 Å². The van der Waals surface area contributed by atoms with Crippen LogP contribution in [0.3, 0.4) is 0 Å². The normalized spacial score (nSPS) is 11.5. The molecule has 0 amide bonds. The second kappa shape index (κ2) is 8.36. The highest BCUT2D eigenvalue weighted by Crippen LogP contribution is 2.35. The lowest BCUT2D eigenvalue weighted by Gasteiger charge is -2.22. The first-order valence-corrected chi connectivity index (χ1v) is 10.1. The smallest absolute Gasteiger partial charge is 0.273 e. The van der Waals surface area contributed by atoms with Crippen molar-refractivity contribution in [2.45, 2.75) is 32.9 Å². The van der Waals surface area contributed by atoms with Crippen molar-refractivity contribution in [1.29, 1.82) is 0 Å². The van der Waals surface area contributed by atoms with Gasteiger partial charge in [0.05, 0.1) is 31.0 Å². The van der Waals surface area contributed by atoms with Crippen molar-refractivity contribution < 1.29 is 9.47 Å².